The highest BCUT2D eigenvalue weighted by atomic mass is 19.1. The van der Waals surface area contributed by atoms with Gasteiger partial charge >= 0.3 is 0 Å². The number of likely N-dealkylation sites (tertiary alicyclic amines) is 2. The van der Waals surface area contributed by atoms with Crippen molar-refractivity contribution in [2.45, 2.75) is 97.6 Å². The van der Waals surface area contributed by atoms with Gasteiger partial charge in [-0.3, -0.25) is 18.4 Å². The number of nitrogens with zero attached hydrogens (tertiary/aromatic N) is 2. The topological polar surface area (TPSA) is 52.7 Å². The van der Waals surface area contributed by atoms with Gasteiger partial charge in [0.2, 0.25) is 11.8 Å². The monoisotopic (exact) mass is 483 g/mol. The van der Waals surface area contributed by atoms with Crippen molar-refractivity contribution in [1.29, 1.82) is 0 Å². The predicted octanol–water partition coefficient (Wildman–Crippen LogP) is 4.75. The zero-order chi connectivity index (χ0) is 24.9. The number of hydrogen-bond donors (Lipinski definition) is 1. The van der Waals surface area contributed by atoms with Crippen LogP contribution in [-0.2, 0) is 9.59 Å². The number of carbonyl (C=O) groups excluding carboxylic acids is 2. The first kappa shape index (κ1) is 27.3. The van der Waals surface area contributed by atoms with Crippen LogP contribution in [0, 0.1) is 22.7 Å². The lowest BCUT2D eigenvalue weighted by atomic mass is 9.65. The van der Waals surface area contributed by atoms with Crippen LogP contribution in [0.25, 0.3) is 0 Å². The van der Waals surface area contributed by atoms with E-state index < -0.39 is 25.3 Å². The molecule has 1 N–H and O–H groups in total. The SMILES string of the molecule is CC1CCCN1C(=O)C(NC(=O)CC1CCC2(CC1)CCN(CC(CF)CF)CC2)C(C)(C)C. The van der Waals surface area contributed by atoms with Crippen molar-refractivity contribution < 1.29 is 18.4 Å². The van der Waals surface area contributed by atoms with Crippen LogP contribution >= 0.6 is 0 Å². The molecular weight excluding hydrogens is 436 g/mol. The van der Waals surface area contributed by atoms with Crippen molar-refractivity contribution in [1.82, 2.24) is 15.1 Å². The first-order chi connectivity index (χ1) is 16.1. The average molecular weight is 484 g/mol. The number of piperidine rings is 1. The molecule has 0 radical (unpaired) electrons. The van der Waals surface area contributed by atoms with Gasteiger partial charge in [0.1, 0.15) is 6.04 Å². The summed E-state index contributed by atoms with van der Waals surface area (Å²) in [6.45, 7) is 10.2. The second kappa shape index (κ2) is 11.7. The van der Waals surface area contributed by atoms with Crippen molar-refractivity contribution in [3.63, 3.8) is 0 Å². The Balaban J connectivity index is 1.46. The lowest BCUT2D eigenvalue weighted by Gasteiger charge is -2.46. The number of halogens is 2. The van der Waals surface area contributed by atoms with Crippen molar-refractivity contribution in [3.8, 4) is 0 Å². The molecule has 1 saturated carbocycles. The molecule has 2 saturated heterocycles. The molecule has 7 heteroatoms. The minimum Gasteiger partial charge on any atom is -0.344 e. The van der Waals surface area contributed by atoms with Crippen LogP contribution < -0.4 is 5.32 Å². The molecule has 2 amide bonds. The predicted molar refractivity (Wildman–Crippen MR) is 132 cm³/mol. The molecule has 196 valence electrons. The van der Waals surface area contributed by atoms with Crippen LogP contribution in [0.3, 0.4) is 0 Å². The zero-order valence-corrected chi connectivity index (χ0v) is 21.9. The molecule has 1 spiro atoms. The molecule has 2 atom stereocenters. The van der Waals surface area contributed by atoms with E-state index in [9.17, 15) is 18.4 Å². The summed E-state index contributed by atoms with van der Waals surface area (Å²) < 4.78 is 25.7. The van der Waals surface area contributed by atoms with Gasteiger partial charge in [-0.1, -0.05) is 20.8 Å². The van der Waals surface area contributed by atoms with E-state index >= 15 is 0 Å². The van der Waals surface area contributed by atoms with E-state index in [-0.39, 0.29) is 23.3 Å². The third kappa shape index (κ3) is 6.92. The minimum absolute atomic E-state index is 0.000573. The fraction of sp³-hybridized carbons (Fsp3) is 0.926. The summed E-state index contributed by atoms with van der Waals surface area (Å²) in [5.41, 5.74) is 0.00314. The van der Waals surface area contributed by atoms with E-state index in [4.69, 9.17) is 0 Å². The quantitative estimate of drug-likeness (QED) is 0.542. The molecule has 2 aliphatic heterocycles. The summed E-state index contributed by atoms with van der Waals surface area (Å²) in [6.07, 6.45) is 9.08. The highest BCUT2D eigenvalue weighted by molar-refractivity contribution is 5.88. The minimum atomic E-state index is -0.583. The van der Waals surface area contributed by atoms with Gasteiger partial charge in [-0.15, -0.1) is 0 Å². The highest BCUT2D eigenvalue weighted by Gasteiger charge is 2.41. The van der Waals surface area contributed by atoms with Crippen molar-refractivity contribution in [2.75, 3.05) is 39.5 Å². The second-order valence-corrected chi connectivity index (χ2v) is 12.5. The van der Waals surface area contributed by atoms with Gasteiger partial charge in [-0.05, 0) is 88.1 Å². The standard InChI is InChI=1S/C27H47F2N3O2/c1-20-6-5-13-32(20)25(34)24(26(2,3)4)30-23(33)16-21-7-9-27(10-8-21)11-14-31(15-12-27)19-22(17-28)18-29/h20-22,24H,5-19H2,1-4H3,(H,30,33). The van der Waals surface area contributed by atoms with E-state index in [1.165, 1.54) is 0 Å². The van der Waals surface area contributed by atoms with Gasteiger partial charge in [0.05, 0.1) is 13.3 Å². The number of alkyl halides is 2. The number of rotatable bonds is 8. The molecule has 1 aliphatic carbocycles. The van der Waals surface area contributed by atoms with Crippen LogP contribution in [0.4, 0.5) is 8.78 Å². The van der Waals surface area contributed by atoms with Gasteiger partial charge in [0.25, 0.3) is 0 Å². The summed E-state index contributed by atoms with van der Waals surface area (Å²) in [4.78, 5) is 30.4. The first-order valence-corrected chi connectivity index (χ1v) is 13.5. The van der Waals surface area contributed by atoms with Crippen molar-refractivity contribution in [2.24, 2.45) is 22.7 Å². The molecule has 0 aromatic heterocycles. The van der Waals surface area contributed by atoms with Gasteiger partial charge in [-0.25, -0.2) is 0 Å². The number of carbonyl (C=O) groups is 2. The Hall–Kier alpha value is -1.24. The van der Waals surface area contributed by atoms with Crippen LogP contribution in [0.2, 0.25) is 0 Å². The summed E-state index contributed by atoms with van der Waals surface area (Å²) in [6, 6.07) is -0.243. The first-order valence-electron chi connectivity index (χ1n) is 13.5. The van der Waals surface area contributed by atoms with Crippen LogP contribution in [0.1, 0.15) is 85.5 Å². The Morgan fingerprint density at radius 1 is 1.00 bits per heavy atom. The molecule has 34 heavy (non-hydrogen) atoms. The molecule has 0 aromatic rings. The summed E-state index contributed by atoms with van der Waals surface area (Å²) in [7, 11) is 0. The van der Waals surface area contributed by atoms with Crippen LogP contribution in [0.5, 0.6) is 0 Å². The zero-order valence-electron chi connectivity index (χ0n) is 21.9. The van der Waals surface area contributed by atoms with Crippen LogP contribution in [-0.4, -0.2) is 73.2 Å². The maximum atomic E-state index is 13.2. The van der Waals surface area contributed by atoms with E-state index in [1.807, 2.05) is 25.7 Å². The van der Waals surface area contributed by atoms with E-state index in [1.54, 1.807) is 0 Å². The molecule has 2 unspecified atom stereocenters. The average Bonchev–Trinajstić information content (AvgIpc) is 3.23. The van der Waals surface area contributed by atoms with E-state index in [0.717, 1.165) is 71.0 Å². The van der Waals surface area contributed by atoms with E-state index in [0.29, 0.717) is 24.3 Å². The molecule has 3 fully saturated rings. The Bertz CT molecular complexity index is 674. The number of hydrogen-bond acceptors (Lipinski definition) is 3. The third-order valence-electron chi connectivity index (χ3n) is 8.76. The maximum Gasteiger partial charge on any atom is 0.245 e. The molecule has 0 aromatic carbocycles. The summed E-state index contributed by atoms with van der Waals surface area (Å²) >= 11 is 0. The maximum absolute atomic E-state index is 13.2. The smallest absolute Gasteiger partial charge is 0.245 e. The summed E-state index contributed by atoms with van der Waals surface area (Å²) in [5, 5.41) is 3.11. The fourth-order valence-electron chi connectivity index (χ4n) is 6.27. The number of amides is 2. The van der Waals surface area contributed by atoms with Gasteiger partial charge in [0, 0.05) is 31.5 Å². The van der Waals surface area contributed by atoms with Gasteiger partial charge in [-0.2, -0.15) is 0 Å². The Morgan fingerprint density at radius 2 is 1.62 bits per heavy atom. The van der Waals surface area contributed by atoms with Crippen molar-refractivity contribution >= 4 is 11.8 Å². The fourth-order valence-corrected chi connectivity index (χ4v) is 6.27. The van der Waals surface area contributed by atoms with Crippen LogP contribution in [0.15, 0.2) is 0 Å². The Labute approximate surface area is 205 Å². The Kier molecular flexibility index (Phi) is 9.38. The van der Waals surface area contributed by atoms with Crippen molar-refractivity contribution in [3.05, 3.63) is 0 Å². The lowest BCUT2D eigenvalue weighted by Crippen LogP contribution is -2.55. The highest BCUT2D eigenvalue weighted by Crippen LogP contribution is 2.47. The normalized spacial score (nSPS) is 25.1. The molecule has 0 bridgehead atoms. The molecule has 3 rings (SSSR count). The largest absolute Gasteiger partial charge is 0.344 e. The lowest BCUT2D eigenvalue weighted by molar-refractivity contribution is -0.140. The molecule has 2 heterocycles. The molecular formula is C27H47F2N3O2. The molecule has 5 nitrogen and oxygen atoms in total. The summed E-state index contributed by atoms with van der Waals surface area (Å²) in [5.74, 6) is -0.0596. The van der Waals surface area contributed by atoms with Gasteiger partial charge < -0.3 is 15.1 Å². The third-order valence-corrected chi connectivity index (χ3v) is 8.76. The second-order valence-electron chi connectivity index (χ2n) is 12.5. The Morgan fingerprint density at radius 3 is 2.12 bits per heavy atom. The van der Waals surface area contributed by atoms with Gasteiger partial charge in [0.15, 0.2) is 0 Å². The number of nitrogens with one attached hydrogen (secondary N) is 1. The van der Waals surface area contributed by atoms with E-state index in [2.05, 4.69) is 17.1 Å². The molecule has 3 aliphatic rings.